The number of aliphatic hydroxyl groups is 1. The van der Waals surface area contributed by atoms with Crippen LogP contribution < -0.4 is 5.32 Å². The summed E-state index contributed by atoms with van der Waals surface area (Å²) in [6, 6.07) is 0.162. The van der Waals surface area contributed by atoms with Crippen molar-refractivity contribution < 1.29 is 9.84 Å². The van der Waals surface area contributed by atoms with Crippen molar-refractivity contribution in [1.82, 2.24) is 5.32 Å². The molecular weight excluding hydrogens is 118 g/mol. The van der Waals surface area contributed by atoms with Crippen LogP contribution in [0.4, 0.5) is 0 Å². The molecule has 0 aromatic rings. The number of aliphatic hydroxyl groups excluding tert-OH is 1. The molecule has 1 aliphatic heterocycles. The molecule has 1 heterocycles. The largest absolute Gasteiger partial charge is 0.389 e. The van der Waals surface area contributed by atoms with Crippen molar-refractivity contribution in [2.24, 2.45) is 0 Å². The molecule has 0 amide bonds. The van der Waals surface area contributed by atoms with Gasteiger partial charge >= 0.3 is 0 Å². The average Bonchev–Trinajstić information content (AvgIpc) is 2.18. The van der Waals surface area contributed by atoms with Crippen LogP contribution in [-0.2, 0) is 4.74 Å². The van der Waals surface area contributed by atoms with Gasteiger partial charge in [0.05, 0.1) is 25.4 Å². The molecule has 0 unspecified atom stereocenters. The lowest BCUT2D eigenvalue weighted by Crippen LogP contribution is -2.38. The van der Waals surface area contributed by atoms with Crippen LogP contribution >= 0.6 is 0 Å². The molecule has 9 heavy (non-hydrogen) atoms. The van der Waals surface area contributed by atoms with Gasteiger partial charge in [-0.3, -0.25) is 0 Å². The summed E-state index contributed by atoms with van der Waals surface area (Å²) in [6.45, 7) is 4.04. The second-order valence-electron chi connectivity index (χ2n) is 2.27. The summed E-state index contributed by atoms with van der Waals surface area (Å²) in [5.41, 5.74) is 0. The summed E-state index contributed by atoms with van der Waals surface area (Å²) in [6.07, 6.45) is -0.301. The minimum absolute atomic E-state index is 0.162. The molecule has 0 spiro atoms. The van der Waals surface area contributed by atoms with Crippen LogP contribution in [0.25, 0.3) is 0 Å². The van der Waals surface area contributed by atoms with E-state index in [9.17, 15) is 0 Å². The van der Waals surface area contributed by atoms with E-state index in [2.05, 4.69) is 5.32 Å². The van der Waals surface area contributed by atoms with Gasteiger partial charge in [0, 0.05) is 0 Å². The topological polar surface area (TPSA) is 41.5 Å². The summed E-state index contributed by atoms with van der Waals surface area (Å²) in [5.74, 6) is 0. The average molecular weight is 131 g/mol. The number of hydrogen-bond donors (Lipinski definition) is 2. The van der Waals surface area contributed by atoms with E-state index in [1.165, 1.54) is 0 Å². The Labute approximate surface area is 55.0 Å². The molecule has 1 fully saturated rings. The first-order chi connectivity index (χ1) is 4.34. The predicted molar refractivity (Wildman–Crippen MR) is 34.3 cm³/mol. The minimum Gasteiger partial charge on any atom is -0.389 e. The maximum absolute atomic E-state index is 9.13. The number of ether oxygens (including phenoxy) is 1. The quantitative estimate of drug-likeness (QED) is 0.523. The Bertz CT molecular complexity index is 87.1. The van der Waals surface area contributed by atoms with E-state index in [4.69, 9.17) is 9.84 Å². The molecule has 0 aliphatic carbocycles. The van der Waals surface area contributed by atoms with E-state index in [1.54, 1.807) is 0 Å². The third kappa shape index (κ3) is 1.64. The van der Waals surface area contributed by atoms with E-state index in [1.807, 2.05) is 6.92 Å². The van der Waals surface area contributed by atoms with Crippen molar-refractivity contribution >= 4 is 0 Å². The Hall–Kier alpha value is -0.120. The molecule has 2 N–H and O–H groups in total. The fourth-order valence-corrected chi connectivity index (χ4v) is 1.00. The van der Waals surface area contributed by atoms with Crippen LogP contribution in [-0.4, -0.2) is 37.0 Å². The zero-order chi connectivity index (χ0) is 6.69. The minimum atomic E-state index is -0.301. The smallest absolute Gasteiger partial charge is 0.0948 e. The van der Waals surface area contributed by atoms with Crippen molar-refractivity contribution in [3.8, 4) is 0 Å². The monoisotopic (exact) mass is 131 g/mol. The van der Waals surface area contributed by atoms with Crippen LogP contribution in [0.1, 0.15) is 6.92 Å². The van der Waals surface area contributed by atoms with Crippen molar-refractivity contribution in [2.45, 2.75) is 19.1 Å². The second-order valence-corrected chi connectivity index (χ2v) is 2.27. The van der Waals surface area contributed by atoms with Crippen LogP contribution in [0.5, 0.6) is 0 Å². The number of hydrogen-bond acceptors (Lipinski definition) is 3. The lowest BCUT2D eigenvalue weighted by Gasteiger charge is -2.11. The Morgan fingerprint density at radius 3 is 2.89 bits per heavy atom. The zero-order valence-electron chi connectivity index (χ0n) is 5.63. The van der Waals surface area contributed by atoms with Crippen LogP contribution in [0.2, 0.25) is 0 Å². The van der Waals surface area contributed by atoms with Gasteiger partial charge in [0.25, 0.3) is 0 Å². The lowest BCUT2D eigenvalue weighted by atomic mass is 10.2. The Morgan fingerprint density at radius 2 is 2.44 bits per heavy atom. The first kappa shape index (κ1) is 6.99. The highest BCUT2D eigenvalue weighted by Crippen LogP contribution is 2.03. The zero-order valence-corrected chi connectivity index (χ0v) is 5.63. The third-order valence-corrected chi connectivity index (χ3v) is 1.52. The van der Waals surface area contributed by atoms with E-state index in [-0.39, 0.29) is 12.1 Å². The predicted octanol–water partition coefficient (Wildman–Crippen LogP) is -0.644. The van der Waals surface area contributed by atoms with E-state index in [0.29, 0.717) is 13.2 Å². The van der Waals surface area contributed by atoms with Crippen molar-refractivity contribution in [2.75, 3.05) is 19.8 Å². The summed E-state index contributed by atoms with van der Waals surface area (Å²) >= 11 is 0. The van der Waals surface area contributed by atoms with E-state index in [0.717, 1.165) is 6.54 Å². The summed E-state index contributed by atoms with van der Waals surface area (Å²) < 4.78 is 5.01. The molecular formula is C6H13NO2. The van der Waals surface area contributed by atoms with E-state index >= 15 is 0 Å². The molecule has 0 bridgehead atoms. The maximum Gasteiger partial charge on any atom is 0.0948 e. The van der Waals surface area contributed by atoms with Gasteiger partial charge in [-0.1, -0.05) is 6.92 Å². The van der Waals surface area contributed by atoms with Crippen molar-refractivity contribution in [3.05, 3.63) is 0 Å². The Kier molecular flexibility index (Phi) is 2.45. The molecule has 0 radical (unpaired) electrons. The van der Waals surface area contributed by atoms with Gasteiger partial charge in [-0.2, -0.15) is 0 Å². The summed E-state index contributed by atoms with van der Waals surface area (Å²) in [4.78, 5) is 0. The van der Waals surface area contributed by atoms with Crippen LogP contribution in [0, 0.1) is 0 Å². The number of likely N-dealkylation sites (N-methyl/N-ethyl adjacent to an activating group) is 1. The van der Waals surface area contributed by atoms with Gasteiger partial charge < -0.3 is 15.2 Å². The van der Waals surface area contributed by atoms with Crippen molar-refractivity contribution in [1.29, 1.82) is 0 Å². The first-order valence-electron chi connectivity index (χ1n) is 3.33. The second kappa shape index (κ2) is 3.15. The lowest BCUT2D eigenvalue weighted by molar-refractivity contribution is 0.122. The molecule has 1 rings (SSSR count). The Morgan fingerprint density at radius 1 is 1.67 bits per heavy atom. The van der Waals surface area contributed by atoms with Gasteiger partial charge in [0.2, 0.25) is 0 Å². The SMILES string of the molecule is CCN[C@@H]1COC[C@@H]1O. The highest BCUT2D eigenvalue weighted by Gasteiger charge is 2.24. The normalized spacial score (nSPS) is 35.3. The Balaban J connectivity index is 2.22. The standard InChI is InChI=1S/C6H13NO2/c1-2-7-5-3-9-4-6(5)8/h5-8H,2-4H2,1H3/t5-,6+/m1/s1. The first-order valence-corrected chi connectivity index (χ1v) is 3.33. The molecule has 3 heteroatoms. The van der Waals surface area contributed by atoms with E-state index < -0.39 is 0 Å². The highest BCUT2D eigenvalue weighted by atomic mass is 16.5. The molecule has 1 aliphatic rings. The molecule has 1 saturated heterocycles. The molecule has 3 nitrogen and oxygen atoms in total. The highest BCUT2D eigenvalue weighted by molar-refractivity contribution is 4.79. The summed E-state index contributed by atoms with van der Waals surface area (Å²) in [5, 5.41) is 12.3. The van der Waals surface area contributed by atoms with Crippen LogP contribution in [0.15, 0.2) is 0 Å². The molecule has 2 atom stereocenters. The third-order valence-electron chi connectivity index (χ3n) is 1.52. The fraction of sp³-hybridized carbons (Fsp3) is 1.00. The van der Waals surface area contributed by atoms with Gasteiger partial charge in [-0.15, -0.1) is 0 Å². The maximum atomic E-state index is 9.13. The molecule has 54 valence electrons. The molecule has 0 saturated carbocycles. The van der Waals surface area contributed by atoms with Crippen molar-refractivity contribution in [3.63, 3.8) is 0 Å². The summed E-state index contributed by atoms with van der Waals surface area (Å²) in [7, 11) is 0. The fourth-order valence-electron chi connectivity index (χ4n) is 1.00. The number of rotatable bonds is 2. The molecule has 0 aromatic carbocycles. The molecule has 0 aromatic heterocycles. The van der Waals surface area contributed by atoms with Gasteiger partial charge in [-0.25, -0.2) is 0 Å². The van der Waals surface area contributed by atoms with Crippen LogP contribution in [0.3, 0.4) is 0 Å². The number of nitrogens with one attached hydrogen (secondary N) is 1. The van der Waals surface area contributed by atoms with Gasteiger partial charge in [-0.05, 0) is 6.54 Å². The van der Waals surface area contributed by atoms with Gasteiger partial charge in [0.15, 0.2) is 0 Å². The van der Waals surface area contributed by atoms with Gasteiger partial charge in [0.1, 0.15) is 0 Å².